The Kier molecular flexibility index (Phi) is 4.72. The van der Waals surface area contributed by atoms with Crippen LogP contribution in [0.2, 0.25) is 5.02 Å². The van der Waals surface area contributed by atoms with Gasteiger partial charge in [0.15, 0.2) is 0 Å². The number of amides is 1. The molecule has 0 spiro atoms. The van der Waals surface area contributed by atoms with E-state index in [4.69, 9.17) is 16.6 Å². The van der Waals surface area contributed by atoms with Crippen molar-refractivity contribution in [2.24, 2.45) is 0 Å². The van der Waals surface area contributed by atoms with Crippen molar-refractivity contribution in [3.05, 3.63) is 100 Å². The number of nitrogens with zero attached hydrogens (tertiary/aromatic N) is 3. The number of hydrogen-bond acceptors (Lipinski definition) is 3. The maximum Gasteiger partial charge on any atom is 0.251 e. The molecule has 0 saturated heterocycles. The van der Waals surface area contributed by atoms with E-state index in [1.807, 2.05) is 24.3 Å². The summed E-state index contributed by atoms with van der Waals surface area (Å²) < 4.78 is 2.10. The van der Waals surface area contributed by atoms with Gasteiger partial charge in [0, 0.05) is 53.3 Å². The van der Waals surface area contributed by atoms with Gasteiger partial charge in [-0.05, 0) is 66.6 Å². The van der Waals surface area contributed by atoms with Crippen LogP contribution in [0.1, 0.15) is 64.0 Å². The molecule has 2 aliphatic rings. The molecule has 3 heterocycles. The average Bonchev–Trinajstić information content (AvgIpc) is 3.71. The Hall–Kier alpha value is -3.18. The maximum atomic E-state index is 12.8. The molecule has 6 heteroatoms. The van der Waals surface area contributed by atoms with Gasteiger partial charge in [0.2, 0.25) is 0 Å². The highest BCUT2D eigenvalue weighted by Gasteiger charge is 2.39. The van der Waals surface area contributed by atoms with E-state index >= 15 is 0 Å². The Balaban J connectivity index is 1.13. The van der Waals surface area contributed by atoms with Crippen molar-refractivity contribution in [3.8, 4) is 0 Å². The SMILES string of the molecule is O=C(N[C@H]1C[C@@H]1c1cccc(Cl)c1)c1ccnc(Cc2cn3cc(C4CC4)ccc3n2)c1. The Morgan fingerprint density at radius 1 is 1.06 bits per heavy atom. The fourth-order valence-corrected chi connectivity index (χ4v) is 4.62. The molecule has 2 aliphatic carbocycles. The molecule has 1 aromatic carbocycles. The third-order valence-electron chi connectivity index (χ3n) is 6.40. The van der Waals surface area contributed by atoms with Crippen molar-refractivity contribution in [1.82, 2.24) is 19.7 Å². The Morgan fingerprint density at radius 2 is 1.97 bits per heavy atom. The minimum Gasteiger partial charge on any atom is -0.349 e. The third-order valence-corrected chi connectivity index (χ3v) is 6.63. The highest BCUT2D eigenvalue weighted by molar-refractivity contribution is 6.30. The lowest BCUT2D eigenvalue weighted by molar-refractivity contribution is 0.0950. The lowest BCUT2D eigenvalue weighted by atomic mass is 10.1. The Bertz CT molecular complexity index is 1330. The number of carbonyl (C=O) groups excluding carboxylic acids is 1. The van der Waals surface area contributed by atoms with Gasteiger partial charge >= 0.3 is 0 Å². The second-order valence-corrected chi connectivity index (χ2v) is 9.36. The number of aromatic nitrogens is 3. The van der Waals surface area contributed by atoms with Crippen LogP contribution in [0.15, 0.2) is 67.1 Å². The summed E-state index contributed by atoms with van der Waals surface area (Å²) in [6, 6.07) is 15.9. The van der Waals surface area contributed by atoms with Crippen molar-refractivity contribution >= 4 is 23.2 Å². The van der Waals surface area contributed by atoms with Crippen LogP contribution in [0, 0.1) is 0 Å². The molecule has 3 aromatic heterocycles. The van der Waals surface area contributed by atoms with Crippen LogP contribution in [-0.2, 0) is 6.42 Å². The summed E-state index contributed by atoms with van der Waals surface area (Å²) in [5.74, 6) is 0.983. The summed E-state index contributed by atoms with van der Waals surface area (Å²) in [6.07, 6.45) is 10.1. The summed E-state index contributed by atoms with van der Waals surface area (Å²) in [7, 11) is 0. The van der Waals surface area contributed by atoms with E-state index in [0.29, 0.717) is 23.8 Å². The molecule has 2 atom stereocenters. The van der Waals surface area contributed by atoms with Gasteiger partial charge in [-0.3, -0.25) is 9.78 Å². The zero-order chi connectivity index (χ0) is 21.7. The van der Waals surface area contributed by atoms with Crippen LogP contribution in [0.5, 0.6) is 0 Å². The molecule has 2 saturated carbocycles. The molecule has 1 amide bonds. The number of imidazole rings is 1. The van der Waals surface area contributed by atoms with E-state index in [0.717, 1.165) is 28.5 Å². The van der Waals surface area contributed by atoms with Gasteiger partial charge in [-0.2, -0.15) is 0 Å². The number of nitrogens with one attached hydrogen (secondary N) is 1. The number of hydrogen-bond donors (Lipinski definition) is 1. The van der Waals surface area contributed by atoms with Gasteiger partial charge in [0.25, 0.3) is 5.91 Å². The van der Waals surface area contributed by atoms with Crippen molar-refractivity contribution < 1.29 is 4.79 Å². The van der Waals surface area contributed by atoms with Crippen molar-refractivity contribution in [2.45, 2.75) is 43.6 Å². The number of carbonyl (C=O) groups is 1. The first-order valence-electron chi connectivity index (χ1n) is 11.1. The van der Waals surface area contributed by atoms with Gasteiger partial charge in [-0.15, -0.1) is 0 Å². The molecule has 160 valence electrons. The second kappa shape index (κ2) is 7.75. The van der Waals surface area contributed by atoms with Gasteiger partial charge in [0.05, 0.1) is 5.69 Å². The quantitative estimate of drug-likeness (QED) is 0.450. The van der Waals surface area contributed by atoms with E-state index in [1.54, 1.807) is 12.3 Å². The van der Waals surface area contributed by atoms with E-state index in [9.17, 15) is 4.79 Å². The molecule has 0 aliphatic heterocycles. The highest BCUT2D eigenvalue weighted by atomic mass is 35.5. The first kappa shape index (κ1) is 19.5. The smallest absolute Gasteiger partial charge is 0.251 e. The zero-order valence-electron chi connectivity index (χ0n) is 17.5. The van der Waals surface area contributed by atoms with E-state index in [-0.39, 0.29) is 11.9 Å². The largest absolute Gasteiger partial charge is 0.349 e. The predicted octanol–water partition coefficient (Wildman–Crippen LogP) is 5.14. The fourth-order valence-electron chi connectivity index (χ4n) is 4.42. The average molecular weight is 443 g/mol. The number of pyridine rings is 2. The molecular formula is C26H23ClN4O. The Morgan fingerprint density at radius 3 is 2.81 bits per heavy atom. The zero-order valence-corrected chi connectivity index (χ0v) is 18.3. The van der Waals surface area contributed by atoms with E-state index < -0.39 is 0 Å². The molecule has 1 N–H and O–H groups in total. The van der Waals surface area contributed by atoms with Crippen molar-refractivity contribution in [3.63, 3.8) is 0 Å². The molecule has 6 rings (SSSR count). The van der Waals surface area contributed by atoms with Gasteiger partial charge in [-0.1, -0.05) is 29.8 Å². The minimum atomic E-state index is -0.0627. The molecule has 0 radical (unpaired) electrons. The summed E-state index contributed by atoms with van der Waals surface area (Å²) >= 11 is 6.10. The van der Waals surface area contributed by atoms with Crippen LogP contribution in [0.3, 0.4) is 0 Å². The van der Waals surface area contributed by atoms with Crippen molar-refractivity contribution in [1.29, 1.82) is 0 Å². The normalized spacial score (nSPS) is 19.8. The summed E-state index contributed by atoms with van der Waals surface area (Å²) in [5.41, 5.74) is 5.92. The molecule has 2 fully saturated rings. The van der Waals surface area contributed by atoms with Crippen molar-refractivity contribution in [2.75, 3.05) is 0 Å². The molecule has 32 heavy (non-hydrogen) atoms. The summed E-state index contributed by atoms with van der Waals surface area (Å²) in [6.45, 7) is 0. The number of halogens is 1. The maximum absolute atomic E-state index is 12.8. The molecule has 4 aromatic rings. The van der Waals surface area contributed by atoms with E-state index in [1.165, 1.54) is 24.0 Å². The van der Waals surface area contributed by atoms with Gasteiger partial charge in [0.1, 0.15) is 5.65 Å². The predicted molar refractivity (Wildman–Crippen MR) is 124 cm³/mol. The highest BCUT2D eigenvalue weighted by Crippen LogP contribution is 2.41. The lowest BCUT2D eigenvalue weighted by Gasteiger charge is -2.06. The second-order valence-electron chi connectivity index (χ2n) is 8.92. The first-order chi connectivity index (χ1) is 15.6. The van der Waals surface area contributed by atoms with Crippen LogP contribution in [-0.4, -0.2) is 26.3 Å². The van der Waals surface area contributed by atoms with Crippen LogP contribution >= 0.6 is 11.6 Å². The van der Waals surface area contributed by atoms with Gasteiger partial charge < -0.3 is 9.72 Å². The number of benzene rings is 1. The minimum absolute atomic E-state index is 0.0627. The first-order valence-corrected chi connectivity index (χ1v) is 11.5. The van der Waals surface area contributed by atoms with Crippen LogP contribution < -0.4 is 5.32 Å². The van der Waals surface area contributed by atoms with Crippen LogP contribution in [0.25, 0.3) is 5.65 Å². The summed E-state index contributed by atoms with van der Waals surface area (Å²) in [5, 5.41) is 3.87. The topological polar surface area (TPSA) is 59.3 Å². The van der Waals surface area contributed by atoms with Crippen LogP contribution in [0.4, 0.5) is 0 Å². The molecule has 0 bridgehead atoms. The van der Waals surface area contributed by atoms with Gasteiger partial charge in [-0.25, -0.2) is 4.98 Å². The number of fused-ring (bicyclic) bond motifs is 1. The third kappa shape index (κ3) is 4.00. The molecular weight excluding hydrogens is 420 g/mol. The fraction of sp³-hybridized carbons (Fsp3) is 0.269. The monoisotopic (exact) mass is 442 g/mol. The number of rotatable bonds is 6. The van der Waals surface area contributed by atoms with E-state index in [2.05, 4.69) is 45.3 Å². The lowest BCUT2D eigenvalue weighted by Crippen LogP contribution is -2.26. The Labute approximate surface area is 191 Å². The summed E-state index contributed by atoms with van der Waals surface area (Å²) in [4.78, 5) is 22.0. The standard InChI is InChI=1S/C26H23ClN4O/c27-20-3-1-2-17(10-20)23-13-24(23)30-26(32)18-8-9-28-21(11-18)12-22-15-31-14-19(16-4-5-16)6-7-25(31)29-22/h1-3,6-11,14-16,23-24H,4-5,12-13H2,(H,30,32)/t23-,24+/m1/s1. The molecule has 5 nitrogen and oxygen atoms in total. The molecule has 0 unspecified atom stereocenters.